The molecule has 0 bridgehead atoms. The van der Waals surface area contributed by atoms with Gasteiger partial charge in [-0.2, -0.15) is 0 Å². The maximum atomic E-state index is 12.2. The van der Waals surface area contributed by atoms with E-state index in [0.29, 0.717) is 13.1 Å². The zero-order valence-corrected chi connectivity index (χ0v) is 12.3. The highest BCUT2D eigenvalue weighted by Gasteiger charge is 2.26. The first kappa shape index (κ1) is 13.7. The summed E-state index contributed by atoms with van der Waals surface area (Å²) in [5.41, 5.74) is 1.97. The second-order valence-corrected chi connectivity index (χ2v) is 5.16. The Bertz CT molecular complexity index is 685. The van der Waals surface area contributed by atoms with Crippen LogP contribution >= 0.6 is 0 Å². The number of amides is 2. The van der Waals surface area contributed by atoms with E-state index in [1.807, 2.05) is 25.1 Å². The Kier molecular flexibility index (Phi) is 3.64. The number of pyridine rings is 1. The standard InChI is InChI=1S/C16H19N3O2/c1-3-7-17-16(20)19-8-6-12-9-11-4-5-13(21-2)10-14(11)18-15(12)19/h4-5,9-10H,3,6-8H2,1-2H3,(H,17,20). The van der Waals surface area contributed by atoms with E-state index in [9.17, 15) is 4.79 Å². The fraction of sp³-hybridized carbons (Fsp3) is 0.375. The van der Waals surface area contributed by atoms with Crippen molar-refractivity contribution in [3.8, 4) is 5.75 Å². The van der Waals surface area contributed by atoms with E-state index in [1.54, 1.807) is 12.0 Å². The van der Waals surface area contributed by atoms with Gasteiger partial charge in [0.05, 0.1) is 12.6 Å². The normalized spacial score (nSPS) is 13.3. The van der Waals surface area contributed by atoms with Gasteiger partial charge in [0.15, 0.2) is 0 Å². The van der Waals surface area contributed by atoms with Crippen LogP contribution in [0.25, 0.3) is 10.9 Å². The molecule has 0 fully saturated rings. The Hall–Kier alpha value is -2.30. The molecule has 0 radical (unpaired) electrons. The zero-order valence-electron chi connectivity index (χ0n) is 12.3. The SMILES string of the molecule is CCCNC(=O)N1CCc2cc3ccc(OC)cc3nc21. The molecule has 1 aromatic carbocycles. The van der Waals surface area contributed by atoms with Gasteiger partial charge in [-0.3, -0.25) is 4.90 Å². The van der Waals surface area contributed by atoms with Crippen LogP contribution in [-0.2, 0) is 6.42 Å². The monoisotopic (exact) mass is 285 g/mol. The van der Waals surface area contributed by atoms with Crippen molar-refractivity contribution in [1.82, 2.24) is 10.3 Å². The molecule has 0 atom stereocenters. The van der Waals surface area contributed by atoms with Gasteiger partial charge in [0.25, 0.3) is 0 Å². The summed E-state index contributed by atoms with van der Waals surface area (Å²) in [5.74, 6) is 1.54. The molecule has 1 N–H and O–H groups in total. The molecular formula is C16H19N3O2. The number of aromatic nitrogens is 1. The number of hydrogen-bond acceptors (Lipinski definition) is 3. The highest BCUT2D eigenvalue weighted by atomic mass is 16.5. The van der Waals surface area contributed by atoms with Crippen LogP contribution in [0.4, 0.5) is 10.6 Å². The van der Waals surface area contributed by atoms with Crippen molar-refractivity contribution in [2.45, 2.75) is 19.8 Å². The Morgan fingerprint density at radius 2 is 2.29 bits per heavy atom. The van der Waals surface area contributed by atoms with Gasteiger partial charge in [-0.15, -0.1) is 0 Å². The molecule has 0 aliphatic carbocycles. The lowest BCUT2D eigenvalue weighted by atomic mass is 10.1. The summed E-state index contributed by atoms with van der Waals surface area (Å²) in [7, 11) is 1.64. The summed E-state index contributed by atoms with van der Waals surface area (Å²) < 4.78 is 5.24. The summed E-state index contributed by atoms with van der Waals surface area (Å²) in [4.78, 5) is 18.6. The molecule has 2 aromatic rings. The van der Waals surface area contributed by atoms with Gasteiger partial charge in [-0.05, 0) is 36.6 Å². The summed E-state index contributed by atoms with van der Waals surface area (Å²) in [6.07, 6.45) is 1.78. The number of carbonyl (C=O) groups is 1. The van der Waals surface area contributed by atoms with E-state index >= 15 is 0 Å². The van der Waals surface area contributed by atoms with Crippen molar-refractivity contribution >= 4 is 22.8 Å². The molecule has 5 nitrogen and oxygen atoms in total. The van der Waals surface area contributed by atoms with Crippen molar-refractivity contribution in [1.29, 1.82) is 0 Å². The number of nitrogens with one attached hydrogen (secondary N) is 1. The van der Waals surface area contributed by atoms with Crippen molar-refractivity contribution in [2.24, 2.45) is 0 Å². The molecule has 0 unspecified atom stereocenters. The molecule has 110 valence electrons. The van der Waals surface area contributed by atoms with Gasteiger partial charge in [0.1, 0.15) is 11.6 Å². The summed E-state index contributed by atoms with van der Waals surface area (Å²) >= 11 is 0. The number of benzene rings is 1. The number of ether oxygens (including phenoxy) is 1. The lowest BCUT2D eigenvalue weighted by molar-refractivity contribution is 0.246. The van der Waals surface area contributed by atoms with Gasteiger partial charge in [0.2, 0.25) is 0 Å². The number of anilines is 1. The number of carbonyl (C=O) groups excluding carboxylic acids is 1. The van der Waals surface area contributed by atoms with Gasteiger partial charge >= 0.3 is 6.03 Å². The predicted octanol–water partition coefficient (Wildman–Crippen LogP) is 2.73. The first-order valence-corrected chi connectivity index (χ1v) is 7.26. The molecule has 2 amide bonds. The first-order valence-electron chi connectivity index (χ1n) is 7.26. The Balaban J connectivity index is 1.97. The number of rotatable bonds is 3. The molecule has 2 heterocycles. The molecule has 1 aliphatic heterocycles. The third kappa shape index (κ3) is 2.51. The van der Waals surface area contributed by atoms with Crippen LogP contribution in [0, 0.1) is 0 Å². The Labute approximate surface area is 123 Å². The molecule has 0 saturated heterocycles. The lowest BCUT2D eigenvalue weighted by Gasteiger charge is -2.17. The van der Waals surface area contributed by atoms with E-state index < -0.39 is 0 Å². The number of urea groups is 1. The average molecular weight is 285 g/mol. The highest BCUT2D eigenvalue weighted by Crippen LogP contribution is 2.30. The van der Waals surface area contributed by atoms with Gasteiger partial charge in [-0.25, -0.2) is 9.78 Å². The first-order chi connectivity index (χ1) is 10.2. The molecule has 1 aliphatic rings. The number of fused-ring (bicyclic) bond motifs is 2. The van der Waals surface area contributed by atoms with Crippen molar-refractivity contribution in [2.75, 3.05) is 25.1 Å². The second-order valence-electron chi connectivity index (χ2n) is 5.16. The van der Waals surface area contributed by atoms with Crippen LogP contribution in [0.1, 0.15) is 18.9 Å². The van der Waals surface area contributed by atoms with Gasteiger partial charge in [0, 0.05) is 24.5 Å². The third-order valence-electron chi connectivity index (χ3n) is 3.71. The van der Waals surface area contributed by atoms with E-state index in [4.69, 9.17) is 4.74 Å². The Morgan fingerprint density at radius 3 is 3.05 bits per heavy atom. The van der Waals surface area contributed by atoms with E-state index in [1.165, 1.54) is 0 Å². The van der Waals surface area contributed by atoms with E-state index in [-0.39, 0.29) is 6.03 Å². The van der Waals surface area contributed by atoms with Crippen LogP contribution in [0.2, 0.25) is 0 Å². The average Bonchev–Trinajstić information content (AvgIpc) is 2.92. The predicted molar refractivity (Wildman–Crippen MR) is 83.0 cm³/mol. The molecule has 5 heteroatoms. The Morgan fingerprint density at radius 1 is 1.43 bits per heavy atom. The number of nitrogens with zero attached hydrogens (tertiary/aromatic N) is 2. The summed E-state index contributed by atoms with van der Waals surface area (Å²) in [5, 5.41) is 3.98. The fourth-order valence-electron chi connectivity index (χ4n) is 2.59. The van der Waals surface area contributed by atoms with E-state index in [0.717, 1.165) is 40.9 Å². The largest absolute Gasteiger partial charge is 0.497 e. The lowest BCUT2D eigenvalue weighted by Crippen LogP contribution is -2.39. The molecule has 21 heavy (non-hydrogen) atoms. The molecule has 3 rings (SSSR count). The van der Waals surface area contributed by atoms with Crippen molar-refractivity contribution in [3.63, 3.8) is 0 Å². The van der Waals surface area contributed by atoms with Gasteiger partial charge < -0.3 is 10.1 Å². The molecule has 1 aromatic heterocycles. The molecule has 0 spiro atoms. The minimum absolute atomic E-state index is 0.0645. The topological polar surface area (TPSA) is 54.5 Å². The maximum absolute atomic E-state index is 12.2. The van der Waals surface area contributed by atoms with Crippen LogP contribution in [0.15, 0.2) is 24.3 Å². The number of methoxy groups -OCH3 is 1. The minimum Gasteiger partial charge on any atom is -0.497 e. The van der Waals surface area contributed by atoms with Crippen LogP contribution in [0.5, 0.6) is 5.75 Å². The van der Waals surface area contributed by atoms with Crippen LogP contribution in [-0.4, -0.2) is 31.2 Å². The molecule has 0 saturated carbocycles. The molecular weight excluding hydrogens is 266 g/mol. The van der Waals surface area contributed by atoms with Crippen molar-refractivity contribution in [3.05, 3.63) is 29.8 Å². The van der Waals surface area contributed by atoms with Crippen LogP contribution in [0.3, 0.4) is 0 Å². The second kappa shape index (κ2) is 5.60. The highest BCUT2D eigenvalue weighted by molar-refractivity contribution is 5.95. The smallest absolute Gasteiger partial charge is 0.323 e. The third-order valence-corrected chi connectivity index (χ3v) is 3.71. The van der Waals surface area contributed by atoms with Crippen molar-refractivity contribution < 1.29 is 9.53 Å². The maximum Gasteiger partial charge on any atom is 0.323 e. The van der Waals surface area contributed by atoms with Gasteiger partial charge in [-0.1, -0.05) is 6.92 Å². The fourth-order valence-corrected chi connectivity index (χ4v) is 2.59. The quantitative estimate of drug-likeness (QED) is 0.943. The zero-order chi connectivity index (χ0) is 14.8. The van der Waals surface area contributed by atoms with Crippen LogP contribution < -0.4 is 15.0 Å². The number of hydrogen-bond donors (Lipinski definition) is 1. The van der Waals surface area contributed by atoms with E-state index in [2.05, 4.69) is 16.4 Å². The minimum atomic E-state index is -0.0645. The summed E-state index contributed by atoms with van der Waals surface area (Å²) in [6, 6.07) is 7.88. The summed E-state index contributed by atoms with van der Waals surface area (Å²) in [6.45, 7) is 3.41.